The van der Waals surface area contributed by atoms with Crippen LogP contribution in [0.5, 0.6) is 5.75 Å². The van der Waals surface area contributed by atoms with Crippen molar-refractivity contribution in [2.75, 3.05) is 19.0 Å². The van der Waals surface area contributed by atoms with Gasteiger partial charge in [-0.25, -0.2) is 0 Å². The summed E-state index contributed by atoms with van der Waals surface area (Å²) in [5.74, 6) is -0.926. The van der Waals surface area contributed by atoms with Crippen molar-refractivity contribution in [3.63, 3.8) is 0 Å². The molecule has 2 aromatic carbocycles. The summed E-state index contributed by atoms with van der Waals surface area (Å²) in [6.45, 7) is 6.87. The molecule has 1 amide bonds. The van der Waals surface area contributed by atoms with Crippen LogP contribution in [0.4, 0.5) is 5.69 Å². The molecule has 1 aliphatic rings. The number of anilines is 1. The maximum absolute atomic E-state index is 12.6. The first-order chi connectivity index (χ1) is 14.2. The Morgan fingerprint density at radius 2 is 2.03 bits per heavy atom. The summed E-state index contributed by atoms with van der Waals surface area (Å²) in [5.41, 5.74) is 4.33. The summed E-state index contributed by atoms with van der Waals surface area (Å²) in [4.78, 5) is 16.1. The highest BCUT2D eigenvalue weighted by atomic mass is 16.6. The van der Waals surface area contributed by atoms with Crippen molar-refractivity contribution in [2.24, 2.45) is 0 Å². The largest absolute Gasteiger partial charge is 0.493 e. The minimum atomic E-state index is -1.38. The van der Waals surface area contributed by atoms with Gasteiger partial charge in [-0.2, -0.15) is 0 Å². The highest BCUT2D eigenvalue weighted by Crippen LogP contribution is 2.38. The molecule has 0 spiro atoms. The van der Waals surface area contributed by atoms with Crippen molar-refractivity contribution in [3.8, 4) is 5.75 Å². The van der Waals surface area contributed by atoms with Gasteiger partial charge in [0.25, 0.3) is 0 Å². The topological polar surface area (TPSA) is 83.6 Å². The van der Waals surface area contributed by atoms with Crippen LogP contribution in [0.3, 0.4) is 0 Å². The summed E-state index contributed by atoms with van der Waals surface area (Å²) in [7, 11) is 1.47. The van der Waals surface area contributed by atoms with Gasteiger partial charge in [-0.15, -0.1) is 0 Å². The highest BCUT2D eigenvalue weighted by molar-refractivity contribution is 5.95. The Kier molecular flexibility index (Phi) is 5.08. The monoisotopic (exact) mass is 408 g/mol. The number of benzene rings is 2. The van der Waals surface area contributed by atoms with E-state index >= 15 is 0 Å². The molecule has 3 aromatic rings. The molecule has 4 rings (SSSR count). The Balaban J connectivity index is 1.50. The summed E-state index contributed by atoms with van der Waals surface area (Å²) >= 11 is 0. The lowest BCUT2D eigenvalue weighted by molar-refractivity contribution is -0.209. The fourth-order valence-corrected chi connectivity index (χ4v) is 3.77. The summed E-state index contributed by atoms with van der Waals surface area (Å²) in [6.07, 6.45) is 0.533. The molecule has 0 radical (unpaired) electrons. The SMILES string of the molecule is COC1(O)CCOc2ccc(CC(=O)Nc3ccc4[nH]c(C(C)(C)C)cc4c3)cc21. The molecular weight excluding hydrogens is 380 g/mol. The van der Waals surface area contributed by atoms with Crippen LogP contribution in [0.15, 0.2) is 42.5 Å². The minimum Gasteiger partial charge on any atom is -0.493 e. The first-order valence-corrected chi connectivity index (χ1v) is 10.1. The van der Waals surface area contributed by atoms with Gasteiger partial charge in [0.15, 0.2) is 5.79 Å². The van der Waals surface area contributed by atoms with Crippen LogP contribution in [0.25, 0.3) is 10.9 Å². The van der Waals surface area contributed by atoms with Crippen molar-refractivity contribution in [3.05, 3.63) is 59.3 Å². The molecule has 0 aliphatic carbocycles. The van der Waals surface area contributed by atoms with E-state index in [9.17, 15) is 9.90 Å². The lowest BCUT2D eigenvalue weighted by Gasteiger charge is -2.33. The average molecular weight is 408 g/mol. The number of rotatable bonds is 4. The van der Waals surface area contributed by atoms with Crippen LogP contribution >= 0.6 is 0 Å². The lowest BCUT2D eigenvalue weighted by Crippen LogP contribution is -2.34. The van der Waals surface area contributed by atoms with Gasteiger partial charge in [0.1, 0.15) is 5.75 Å². The van der Waals surface area contributed by atoms with Gasteiger partial charge in [0.05, 0.1) is 18.6 Å². The Hall–Kier alpha value is -2.83. The normalized spacial score (nSPS) is 18.7. The number of nitrogens with one attached hydrogen (secondary N) is 2. The minimum absolute atomic E-state index is 0.0305. The van der Waals surface area contributed by atoms with E-state index < -0.39 is 5.79 Å². The fourth-order valence-electron chi connectivity index (χ4n) is 3.77. The Morgan fingerprint density at radius 3 is 2.77 bits per heavy atom. The number of aromatic nitrogens is 1. The van der Waals surface area contributed by atoms with Crippen LogP contribution in [0.2, 0.25) is 0 Å². The maximum Gasteiger partial charge on any atom is 0.228 e. The number of fused-ring (bicyclic) bond motifs is 2. The van der Waals surface area contributed by atoms with Crippen molar-refractivity contribution < 1.29 is 19.4 Å². The molecule has 1 aliphatic heterocycles. The first-order valence-electron chi connectivity index (χ1n) is 10.1. The number of aromatic amines is 1. The van der Waals surface area contributed by atoms with Crippen LogP contribution in [0, 0.1) is 0 Å². The van der Waals surface area contributed by atoms with Crippen molar-refractivity contribution >= 4 is 22.5 Å². The molecule has 1 atom stereocenters. The van der Waals surface area contributed by atoms with Crippen LogP contribution in [0.1, 0.15) is 44.0 Å². The molecule has 2 heterocycles. The van der Waals surface area contributed by atoms with E-state index in [1.54, 1.807) is 12.1 Å². The highest BCUT2D eigenvalue weighted by Gasteiger charge is 2.36. The smallest absolute Gasteiger partial charge is 0.228 e. The van der Waals surface area contributed by atoms with Crippen molar-refractivity contribution in [1.29, 1.82) is 0 Å². The van der Waals surface area contributed by atoms with E-state index in [2.05, 4.69) is 37.1 Å². The molecule has 1 aromatic heterocycles. The number of carbonyl (C=O) groups excluding carboxylic acids is 1. The van der Waals surface area contributed by atoms with Crippen molar-refractivity contribution in [2.45, 2.75) is 44.8 Å². The van der Waals surface area contributed by atoms with E-state index in [0.29, 0.717) is 24.3 Å². The zero-order valence-corrected chi connectivity index (χ0v) is 17.8. The number of carbonyl (C=O) groups is 1. The number of ether oxygens (including phenoxy) is 2. The number of hydrogen-bond donors (Lipinski definition) is 3. The summed E-state index contributed by atoms with van der Waals surface area (Å²) in [5, 5.41) is 14.7. The molecule has 30 heavy (non-hydrogen) atoms. The predicted octanol–water partition coefficient (Wildman–Crippen LogP) is 4.22. The molecule has 0 bridgehead atoms. The third-order valence-corrected chi connectivity index (χ3v) is 5.58. The quantitative estimate of drug-likeness (QED) is 0.565. The van der Waals surface area contributed by atoms with Gasteiger partial charge >= 0.3 is 0 Å². The molecular formula is C24H28N2O4. The molecule has 158 valence electrons. The molecule has 1 unspecified atom stereocenters. The standard InChI is InChI=1S/C24H28N2O4/c1-23(2,3)21-14-16-13-17(6-7-19(16)26-21)25-22(27)12-15-5-8-20-18(11-15)24(28,29-4)9-10-30-20/h5-8,11,13-14,26,28H,9-10,12H2,1-4H3,(H,25,27). The predicted molar refractivity (Wildman–Crippen MR) is 117 cm³/mol. The average Bonchev–Trinajstić information content (AvgIpc) is 3.12. The Labute approximate surface area is 176 Å². The van der Waals surface area contributed by atoms with Gasteiger partial charge in [-0.1, -0.05) is 26.8 Å². The second kappa shape index (κ2) is 7.45. The Morgan fingerprint density at radius 1 is 1.23 bits per heavy atom. The van der Waals surface area contributed by atoms with Crippen LogP contribution < -0.4 is 10.1 Å². The van der Waals surface area contributed by atoms with Gasteiger partial charge in [-0.3, -0.25) is 4.79 Å². The van der Waals surface area contributed by atoms with E-state index in [1.807, 2.05) is 24.3 Å². The third kappa shape index (κ3) is 3.93. The number of aliphatic hydroxyl groups is 1. The molecule has 6 nitrogen and oxygen atoms in total. The van der Waals surface area contributed by atoms with E-state index in [-0.39, 0.29) is 17.7 Å². The van der Waals surface area contributed by atoms with E-state index in [4.69, 9.17) is 9.47 Å². The number of H-pyrrole nitrogens is 1. The molecule has 0 saturated heterocycles. The maximum atomic E-state index is 12.6. The first kappa shape index (κ1) is 20.4. The Bertz CT molecular complexity index is 1100. The molecule has 3 N–H and O–H groups in total. The van der Waals surface area contributed by atoms with Crippen LogP contribution in [-0.2, 0) is 27.2 Å². The van der Waals surface area contributed by atoms with E-state index in [1.165, 1.54) is 7.11 Å². The number of methoxy groups -OCH3 is 1. The second-order valence-corrected chi connectivity index (χ2v) is 8.88. The zero-order valence-electron chi connectivity index (χ0n) is 17.8. The van der Waals surface area contributed by atoms with Gasteiger partial charge in [-0.05, 0) is 42.0 Å². The van der Waals surface area contributed by atoms with Crippen molar-refractivity contribution in [1.82, 2.24) is 4.98 Å². The summed E-state index contributed by atoms with van der Waals surface area (Å²) in [6, 6.07) is 13.4. The lowest BCUT2D eigenvalue weighted by atomic mass is 9.92. The molecule has 6 heteroatoms. The molecule has 0 fully saturated rings. The van der Waals surface area contributed by atoms with Crippen LogP contribution in [-0.4, -0.2) is 29.7 Å². The number of amides is 1. The van der Waals surface area contributed by atoms with Gasteiger partial charge in [0, 0.05) is 41.2 Å². The third-order valence-electron chi connectivity index (χ3n) is 5.58. The second-order valence-electron chi connectivity index (χ2n) is 8.88. The molecule has 0 saturated carbocycles. The van der Waals surface area contributed by atoms with E-state index in [0.717, 1.165) is 27.8 Å². The van der Waals surface area contributed by atoms with Gasteiger partial charge in [0.2, 0.25) is 5.91 Å². The van der Waals surface area contributed by atoms with Gasteiger partial charge < -0.3 is 24.9 Å². The number of hydrogen-bond acceptors (Lipinski definition) is 4. The zero-order chi connectivity index (χ0) is 21.5. The summed E-state index contributed by atoms with van der Waals surface area (Å²) < 4.78 is 10.9. The fraction of sp³-hybridized carbons (Fsp3) is 0.375.